The van der Waals surface area contributed by atoms with Gasteiger partial charge in [0, 0.05) is 17.5 Å². The summed E-state index contributed by atoms with van der Waals surface area (Å²) in [5.41, 5.74) is 1.35. The molecule has 0 bridgehead atoms. The Morgan fingerprint density at radius 1 is 0.909 bits per heavy atom. The summed E-state index contributed by atoms with van der Waals surface area (Å²) in [7, 11) is 0. The predicted molar refractivity (Wildman–Crippen MR) is 87.3 cm³/mol. The van der Waals surface area contributed by atoms with Gasteiger partial charge in [0.05, 0.1) is 0 Å². The van der Waals surface area contributed by atoms with Crippen LogP contribution in [-0.2, 0) is 11.2 Å². The second-order valence-electron chi connectivity index (χ2n) is 5.17. The Balaban J connectivity index is 1.70. The minimum absolute atomic E-state index is 0.111. The molecule has 0 heterocycles. The Morgan fingerprint density at radius 3 is 2.50 bits per heavy atom. The van der Waals surface area contributed by atoms with Crippen LogP contribution in [0.15, 0.2) is 66.7 Å². The van der Waals surface area contributed by atoms with Gasteiger partial charge < -0.3 is 5.32 Å². The summed E-state index contributed by atoms with van der Waals surface area (Å²) < 4.78 is 13.5. The van der Waals surface area contributed by atoms with Crippen molar-refractivity contribution < 1.29 is 9.18 Å². The Hall–Kier alpha value is -2.68. The summed E-state index contributed by atoms with van der Waals surface area (Å²) in [4.78, 5) is 12.1. The van der Waals surface area contributed by atoms with Crippen LogP contribution >= 0.6 is 0 Å². The summed E-state index contributed by atoms with van der Waals surface area (Å²) in [6.45, 7) is 0. The topological polar surface area (TPSA) is 29.1 Å². The minimum Gasteiger partial charge on any atom is -0.326 e. The lowest BCUT2D eigenvalue weighted by Crippen LogP contribution is -2.12. The van der Waals surface area contributed by atoms with Crippen LogP contribution in [0.1, 0.15) is 12.0 Å². The number of aryl methyl sites for hydroxylation is 1. The Morgan fingerprint density at radius 2 is 1.64 bits per heavy atom. The molecule has 0 saturated carbocycles. The molecule has 0 atom stereocenters. The molecular formula is C19H16FNO. The van der Waals surface area contributed by atoms with Gasteiger partial charge in [-0.15, -0.1) is 0 Å². The largest absolute Gasteiger partial charge is 0.326 e. The molecule has 1 N–H and O–H groups in total. The smallest absolute Gasteiger partial charge is 0.224 e. The van der Waals surface area contributed by atoms with E-state index in [0.29, 0.717) is 12.0 Å². The molecule has 3 rings (SSSR count). The Kier molecular flexibility index (Phi) is 4.15. The zero-order chi connectivity index (χ0) is 15.4. The lowest BCUT2D eigenvalue weighted by molar-refractivity contribution is -0.116. The highest BCUT2D eigenvalue weighted by Gasteiger charge is 2.07. The van der Waals surface area contributed by atoms with Crippen LogP contribution in [0.4, 0.5) is 10.1 Å². The number of carbonyl (C=O) groups excluding carboxylic acids is 1. The highest BCUT2D eigenvalue weighted by molar-refractivity contribution is 6.02. The van der Waals surface area contributed by atoms with E-state index in [-0.39, 0.29) is 18.1 Å². The lowest BCUT2D eigenvalue weighted by Gasteiger charge is -2.09. The number of hydrogen-bond acceptors (Lipinski definition) is 1. The number of rotatable bonds is 4. The molecule has 0 aliphatic carbocycles. The minimum atomic E-state index is -0.263. The van der Waals surface area contributed by atoms with Crippen molar-refractivity contribution in [2.75, 3.05) is 5.32 Å². The third kappa shape index (κ3) is 3.14. The van der Waals surface area contributed by atoms with E-state index in [1.807, 2.05) is 42.5 Å². The van der Waals surface area contributed by atoms with Crippen molar-refractivity contribution >= 4 is 22.4 Å². The summed E-state index contributed by atoms with van der Waals surface area (Å²) >= 11 is 0. The molecule has 0 aliphatic rings. The van der Waals surface area contributed by atoms with E-state index < -0.39 is 0 Å². The van der Waals surface area contributed by atoms with Crippen LogP contribution in [0, 0.1) is 5.82 Å². The first-order valence-corrected chi connectivity index (χ1v) is 7.25. The maximum atomic E-state index is 13.5. The average Bonchev–Trinajstić information content (AvgIpc) is 2.54. The van der Waals surface area contributed by atoms with Crippen molar-refractivity contribution in [1.29, 1.82) is 0 Å². The summed E-state index contributed by atoms with van der Waals surface area (Å²) in [5, 5.41) is 5.00. The fourth-order valence-corrected chi connectivity index (χ4v) is 2.50. The molecule has 0 aliphatic heterocycles. The molecule has 3 aromatic rings. The van der Waals surface area contributed by atoms with Crippen molar-refractivity contribution in [2.45, 2.75) is 12.8 Å². The van der Waals surface area contributed by atoms with E-state index in [9.17, 15) is 9.18 Å². The van der Waals surface area contributed by atoms with Crippen LogP contribution in [0.5, 0.6) is 0 Å². The van der Waals surface area contributed by atoms with Crippen LogP contribution in [0.2, 0.25) is 0 Å². The molecule has 0 spiro atoms. The van der Waals surface area contributed by atoms with Crippen molar-refractivity contribution in [1.82, 2.24) is 0 Å². The lowest BCUT2D eigenvalue weighted by atomic mass is 10.1. The third-order valence-electron chi connectivity index (χ3n) is 3.64. The zero-order valence-electron chi connectivity index (χ0n) is 12.1. The maximum absolute atomic E-state index is 13.5. The molecule has 3 aromatic carbocycles. The van der Waals surface area contributed by atoms with Gasteiger partial charge in [-0.1, -0.05) is 54.6 Å². The number of fused-ring (bicyclic) bond motifs is 1. The number of hydrogen-bond donors (Lipinski definition) is 1. The summed E-state index contributed by atoms with van der Waals surface area (Å²) in [6.07, 6.45) is 0.646. The molecule has 22 heavy (non-hydrogen) atoms. The monoisotopic (exact) mass is 293 g/mol. The van der Waals surface area contributed by atoms with Gasteiger partial charge in [0.25, 0.3) is 0 Å². The first-order valence-electron chi connectivity index (χ1n) is 7.25. The highest BCUT2D eigenvalue weighted by Crippen LogP contribution is 2.23. The van der Waals surface area contributed by atoms with Gasteiger partial charge in [0.1, 0.15) is 5.82 Å². The molecule has 110 valence electrons. The highest BCUT2D eigenvalue weighted by atomic mass is 19.1. The molecular weight excluding hydrogens is 277 g/mol. The number of carbonyl (C=O) groups is 1. The van der Waals surface area contributed by atoms with E-state index in [1.54, 1.807) is 18.2 Å². The van der Waals surface area contributed by atoms with Crippen LogP contribution < -0.4 is 5.32 Å². The van der Waals surface area contributed by atoms with Gasteiger partial charge >= 0.3 is 0 Å². The number of amides is 1. The van der Waals surface area contributed by atoms with Gasteiger partial charge in [-0.2, -0.15) is 0 Å². The van der Waals surface area contributed by atoms with Crippen molar-refractivity contribution in [2.24, 2.45) is 0 Å². The third-order valence-corrected chi connectivity index (χ3v) is 3.64. The normalized spacial score (nSPS) is 10.6. The molecule has 0 unspecified atom stereocenters. The summed E-state index contributed by atoms with van der Waals surface area (Å²) in [6, 6.07) is 20.2. The molecule has 0 radical (unpaired) electrons. The van der Waals surface area contributed by atoms with E-state index in [1.165, 1.54) is 6.07 Å². The number of nitrogens with one attached hydrogen (secondary N) is 1. The number of halogens is 1. The SMILES string of the molecule is O=C(CCc1ccccc1F)Nc1cccc2ccccc12. The first kappa shape index (κ1) is 14.3. The van der Waals surface area contributed by atoms with Crippen LogP contribution in [-0.4, -0.2) is 5.91 Å². The van der Waals surface area contributed by atoms with E-state index in [4.69, 9.17) is 0 Å². The van der Waals surface area contributed by atoms with Crippen molar-refractivity contribution in [3.05, 3.63) is 78.1 Å². The molecule has 3 heteroatoms. The van der Waals surface area contributed by atoms with E-state index in [2.05, 4.69) is 5.32 Å². The maximum Gasteiger partial charge on any atom is 0.224 e. The standard InChI is InChI=1S/C19H16FNO/c20-17-10-4-2-7-15(17)12-13-19(22)21-18-11-5-8-14-6-1-3-9-16(14)18/h1-11H,12-13H2,(H,21,22). The van der Waals surface area contributed by atoms with Crippen LogP contribution in [0.25, 0.3) is 10.8 Å². The molecule has 0 aromatic heterocycles. The number of benzene rings is 3. The van der Waals surface area contributed by atoms with Gasteiger partial charge in [-0.05, 0) is 29.5 Å². The summed E-state index contributed by atoms with van der Waals surface area (Å²) in [5.74, 6) is -0.375. The molecule has 2 nitrogen and oxygen atoms in total. The Bertz CT molecular complexity index is 808. The Labute approximate surface area is 128 Å². The van der Waals surface area contributed by atoms with Crippen molar-refractivity contribution in [3.8, 4) is 0 Å². The van der Waals surface area contributed by atoms with Gasteiger partial charge in [-0.25, -0.2) is 4.39 Å². The van der Waals surface area contributed by atoms with E-state index in [0.717, 1.165) is 16.5 Å². The second kappa shape index (κ2) is 6.39. The number of anilines is 1. The molecule has 1 amide bonds. The molecule has 0 saturated heterocycles. The molecule has 0 fully saturated rings. The second-order valence-corrected chi connectivity index (χ2v) is 5.17. The zero-order valence-corrected chi connectivity index (χ0v) is 12.1. The predicted octanol–water partition coefficient (Wildman–Crippen LogP) is 4.55. The fraction of sp³-hybridized carbons (Fsp3) is 0.105. The van der Waals surface area contributed by atoms with E-state index >= 15 is 0 Å². The fourth-order valence-electron chi connectivity index (χ4n) is 2.50. The quantitative estimate of drug-likeness (QED) is 0.751. The van der Waals surface area contributed by atoms with Crippen molar-refractivity contribution in [3.63, 3.8) is 0 Å². The first-order chi connectivity index (χ1) is 10.7. The van der Waals surface area contributed by atoms with Crippen LogP contribution in [0.3, 0.4) is 0 Å². The van der Waals surface area contributed by atoms with Gasteiger partial charge in [-0.3, -0.25) is 4.79 Å². The average molecular weight is 293 g/mol. The van der Waals surface area contributed by atoms with Gasteiger partial charge in [0.2, 0.25) is 5.91 Å². The van der Waals surface area contributed by atoms with Gasteiger partial charge in [0.15, 0.2) is 0 Å².